The van der Waals surface area contributed by atoms with Gasteiger partial charge in [-0.3, -0.25) is 10.1 Å². The van der Waals surface area contributed by atoms with Gasteiger partial charge in [0.05, 0.1) is 0 Å². The number of carbonyl (C=O) groups excluding carboxylic acids is 1. The van der Waals surface area contributed by atoms with Gasteiger partial charge in [-0.05, 0) is 43.9 Å². The number of nitrogens with one attached hydrogen (secondary N) is 1. The summed E-state index contributed by atoms with van der Waals surface area (Å²) in [7, 11) is 0. The van der Waals surface area contributed by atoms with Crippen LogP contribution in [-0.2, 0) is 11.3 Å². The van der Waals surface area contributed by atoms with Crippen LogP contribution < -0.4 is 5.32 Å². The summed E-state index contributed by atoms with van der Waals surface area (Å²) in [6, 6.07) is 10.2. The summed E-state index contributed by atoms with van der Waals surface area (Å²) < 4.78 is 0. The zero-order valence-electron chi connectivity index (χ0n) is 13.5. The molecule has 1 amide bonds. The smallest absolute Gasteiger partial charge is 0.251 e. The van der Waals surface area contributed by atoms with E-state index in [4.69, 9.17) is 0 Å². The first-order chi connectivity index (χ1) is 10.0. The van der Waals surface area contributed by atoms with Crippen molar-refractivity contribution in [1.82, 2.24) is 10.2 Å². The summed E-state index contributed by atoms with van der Waals surface area (Å²) in [5.74, 6) is 0.820. The van der Waals surface area contributed by atoms with E-state index in [0.717, 1.165) is 24.1 Å². The van der Waals surface area contributed by atoms with Crippen LogP contribution >= 0.6 is 0 Å². The lowest BCUT2D eigenvalue weighted by Gasteiger charge is -2.28. The van der Waals surface area contributed by atoms with E-state index in [0.29, 0.717) is 12.5 Å². The van der Waals surface area contributed by atoms with Gasteiger partial charge in [-0.2, -0.15) is 0 Å². The molecular weight excluding hydrogens is 260 g/mol. The first-order valence-corrected chi connectivity index (χ1v) is 7.76. The number of benzene rings is 1. The topological polar surface area (TPSA) is 32.3 Å². The summed E-state index contributed by atoms with van der Waals surface area (Å²) in [4.78, 5) is 14.4. The maximum absolute atomic E-state index is 12.5. The van der Waals surface area contributed by atoms with Crippen molar-refractivity contribution < 1.29 is 4.79 Å². The first-order valence-electron chi connectivity index (χ1n) is 7.76. The van der Waals surface area contributed by atoms with Crippen molar-refractivity contribution >= 4 is 5.91 Å². The SMILES string of the molecule is CC1=C(C)[C@@H](NCCC(C)C)N(Cc2ccccc2)C1=O. The highest BCUT2D eigenvalue weighted by Gasteiger charge is 2.34. The van der Waals surface area contributed by atoms with E-state index in [1.807, 2.05) is 30.0 Å². The van der Waals surface area contributed by atoms with Crippen LogP contribution in [0.5, 0.6) is 0 Å². The summed E-state index contributed by atoms with van der Waals surface area (Å²) in [5, 5.41) is 3.54. The summed E-state index contributed by atoms with van der Waals surface area (Å²) >= 11 is 0. The molecule has 1 atom stereocenters. The standard InChI is InChI=1S/C18H26N2O/c1-13(2)10-11-19-17-14(3)15(4)18(21)20(17)12-16-8-6-5-7-9-16/h5-9,13,17,19H,10-12H2,1-4H3/t17-/m0/s1. The average Bonchev–Trinajstić information content (AvgIpc) is 2.66. The van der Waals surface area contributed by atoms with Crippen molar-refractivity contribution in [3.63, 3.8) is 0 Å². The molecule has 0 unspecified atom stereocenters. The van der Waals surface area contributed by atoms with E-state index in [2.05, 4.69) is 38.2 Å². The third-order valence-electron chi connectivity index (χ3n) is 4.15. The summed E-state index contributed by atoms with van der Waals surface area (Å²) in [5.41, 5.74) is 3.21. The third kappa shape index (κ3) is 3.73. The molecule has 1 aliphatic heterocycles. The van der Waals surface area contributed by atoms with Crippen LogP contribution in [0.1, 0.15) is 39.7 Å². The summed E-state index contributed by atoms with van der Waals surface area (Å²) in [6.45, 7) is 10.0. The van der Waals surface area contributed by atoms with E-state index in [-0.39, 0.29) is 12.1 Å². The second-order valence-corrected chi connectivity index (χ2v) is 6.27. The second kappa shape index (κ2) is 6.90. The Morgan fingerprint density at radius 3 is 2.48 bits per heavy atom. The van der Waals surface area contributed by atoms with E-state index >= 15 is 0 Å². The third-order valence-corrected chi connectivity index (χ3v) is 4.15. The molecule has 0 saturated carbocycles. The fourth-order valence-electron chi connectivity index (χ4n) is 2.66. The largest absolute Gasteiger partial charge is 0.315 e. The molecule has 2 rings (SSSR count). The van der Waals surface area contributed by atoms with Gasteiger partial charge >= 0.3 is 0 Å². The van der Waals surface area contributed by atoms with Crippen molar-refractivity contribution in [2.75, 3.05) is 6.54 Å². The molecule has 1 aromatic rings. The lowest BCUT2D eigenvalue weighted by molar-refractivity contribution is -0.128. The molecule has 1 aliphatic rings. The molecule has 1 aromatic carbocycles. The molecule has 0 spiro atoms. The Labute approximate surface area is 128 Å². The Kier molecular flexibility index (Phi) is 5.18. The zero-order valence-corrected chi connectivity index (χ0v) is 13.5. The molecule has 114 valence electrons. The second-order valence-electron chi connectivity index (χ2n) is 6.27. The van der Waals surface area contributed by atoms with Crippen LogP contribution in [-0.4, -0.2) is 23.5 Å². The maximum atomic E-state index is 12.5. The highest BCUT2D eigenvalue weighted by Crippen LogP contribution is 2.25. The molecule has 3 nitrogen and oxygen atoms in total. The van der Waals surface area contributed by atoms with Crippen molar-refractivity contribution in [2.24, 2.45) is 5.92 Å². The zero-order chi connectivity index (χ0) is 15.4. The van der Waals surface area contributed by atoms with Crippen molar-refractivity contribution in [3.8, 4) is 0 Å². The van der Waals surface area contributed by atoms with Gasteiger partial charge in [0.1, 0.15) is 6.17 Å². The van der Waals surface area contributed by atoms with Gasteiger partial charge in [0, 0.05) is 12.1 Å². The number of hydrogen-bond donors (Lipinski definition) is 1. The van der Waals surface area contributed by atoms with E-state index in [1.54, 1.807) is 0 Å². The number of rotatable bonds is 6. The van der Waals surface area contributed by atoms with Crippen molar-refractivity contribution in [3.05, 3.63) is 47.0 Å². The average molecular weight is 286 g/mol. The fraction of sp³-hybridized carbons (Fsp3) is 0.500. The Morgan fingerprint density at radius 1 is 1.19 bits per heavy atom. The van der Waals surface area contributed by atoms with Gasteiger partial charge in [-0.1, -0.05) is 44.2 Å². The van der Waals surface area contributed by atoms with E-state index < -0.39 is 0 Å². The molecule has 0 aliphatic carbocycles. The van der Waals surface area contributed by atoms with Crippen LogP contribution in [0, 0.1) is 5.92 Å². The lowest BCUT2D eigenvalue weighted by atomic mass is 10.1. The van der Waals surface area contributed by atoms with E-state index in [9.17, 15) is 4.79 Å². The number of hydrogen-bond acceptors (Lipinski definition) is 2. The molecule has 3 heteroatoms. The lowest BCUT2D eigenvalue weighted by Crippen LogP contribution is -2.45. The van der Waals surface area contributed by atoms with Crippen LogP contribution in [0.4, 0.5) is 0 Å². The molecule has 1 N–H and O–H groups in total. The normalized spacial score (nSPS) is 19.0. The minimum atomic E-state index is 0.0384. The Hall–Kier alpha value is -1.61. The van der Waals surface area contributed by atoms with Gasteiger partial charge in [-0.25, -0.2) is 0 Å². The molecule has 0 fully saturated rings. The number of nitrogens with zero attached hydrogens (tertiary/aromatic N) is 1. The van der Waals surface area contributed by atoms with Crippen molar-refractivity contribution in [1.29, 1.82) is 0 Å². The predicted octanol–water partition coefficient (Wildman–Crippen LogP) is 3.33. The van der Waals surface area contributed by atoms with Crippen LogP contribution in [0.3, 0.4) is 0 Å². The molecule has 0 bridgehead atoms. The highest BCUT2D eigenvalue weighted by atomic mass is 16.2. The maximum Gasteiger partial charge on any atom is 0.251 e. The van der Waals surface area contributed by atoms with Crippen LogP contribution in [0.25, 0.3) is 0 Å². The van der Waals surface area contributed by atoms with Crippen LogP contribution in [0.15, 0.2) is 41.5 Å². The predicted molar refractivity (Wildman–Crippen MR) is 86.6 cm³/mol. The first kappa shape index (κ1) is 15.8. The molecule has 0 radical (unpaired) electrons. The molecule has 0 aromatic heterocycles. The van der Waals surface area contributed by atoms with E-state index in [1.165, 1.54) is 5.56 Å². The Morgan fingerprint density at radius 2 is 1.86 bits per heavy atom. The molecule has 1 heterocycles. The highest BCUT2D eigenvalue weighted by molar-refractivity contribution is 5.96. The van der Waals surface area contributed by atoms with Crippen LogP contribution in [0.2, 0.25) is 0 Å². The van der Waals surface area contributed by atoms with Gasteiger partial charge in [0.25, 0.3) is 5.91 Å². The Balaban J connectivity index is 2.08. The quantitative estimate of drug-likeness (QED) is 0.870. The molecular formula is C18H26N2O. The molecule has 21 heavy (non-hydrogen) atoms. The monoisotopic (exact) mass is 286 g/mol. The summed E-state index contributed by atoms with van der Waals surface area (Å²) in [6.07, 6.45) is 1.16. The minimum absolute atomic E-state index is 0.0384. The van der Waals surface area contributed by atoms with Gasteiger partial charge in [0.15, 0.2) is 0 Å². The van der Waals surface area contributed by atoms with Gasteiger partial charge in [-0.15, -0.1) is 0 Å². The number of amides is 1. The fourth-order valence-corrected chi connectivity index (χ4v) is 2.66. The Bertz CT molecular complexity index is 519. The van der Waals surface area contributed by atoms with Gasteiger partial charge in [0.2, 0.25) is 0 Å². The minimum Gasteiger partial charge on any atom is -0.315 e. The van der Waals surface area contributed by atoms with Crippen molar-refractivity contribution in [2.45, 2.75) is 46.8 Å². The number of carbonyl (C=O) groups is 1. The van der Waals surface area contributed by atoms with Gasteiger partial charge < -0.3 is 4.90 Å². The molecule has 0 saturated heterocycles.